The van der Waals surface area contributed by atoms with Gasteiger partial charge < -0.3 is 16.8 Å². The SMILES string of the molecule is CC1(C)CC1CNc1cc(C(N)=O)c(N)cc1F. The minimum Gasteiger partial charge on any atom is -0.398 e. The van der Waals surface area contributed by atoms with Crippen molar-refractivity contribution in [1.29, 1.82) is 0 Å². The zero-order chi connectivity index (χ0) is 13.5. The van der Waals surface area contributed by atoms with E-state index in [0.717, 1.165) is 12.5 Å². The van der Waals surface area contributed by atoms with Gasteiger partial charge in [0.05, 0.1) is 11.3 Å². The van der Waals surface area contributed by atoms with Gasteiger partial charge in [0.1, 0.15) is 5.82 Å². The number of halogens is 1. The molecule has 1 saturated carbocycles. The molecule has 0 saturated heterocycles. The molecule has 0 heterocycles. The molecule has 5 heteroatoms. The van der Waals surface area contributed by atoms with Crippen molar-refractivity contribution in [2.75, 3.05) is 17.6 Å². The number of carbonyl (C=O) groups excluding carboxylic acids is 1. The summed E-state index contributed by atoms with van der Waals surface area (Å²) in [6, 6.07) is 2.50. The Morgan fingerprint density at radius 2 is 2.17 bits per heavy atom. The molecular formula is C13H18FN3O. The topological polar surface area (TPSA) is 81.1 Å². The lowest BCUT2D eigenvalue weighted by molar-refractivity contribution is 0.100. The molecule has 18 heavy (non-hydrogen) atoms. The lowest BCUT2D eigenvalue weighted by atomic mass is 10.1. The molecule has 5 N–H and O–H groups in total. The highest BCUT2D eigenvalue weighted by molar-refractivity contribution is 5.99. The summed E-state index contributed by atoms with van der Waals surface area (Å²) in [6.07, 6.45) is 1.12. The largest absolute Gasteiger partial charge is 0.398 e. The summed E-state index contributed by atoms with van der Waals surface area (Å²) in [6.45, 7) is 5.03. The molecule has 4 nitrogen and oxygen atoms in total. The number of benzene rings is 1. The Hall–Kier alpha value is -1.78. The van der Waals surface area contributed by atoms with E-state index in [-0.39, 0.29) is 16.9 Å². The van der Waals surface area contributed by atoms with Crippen molar-refractivity contribution >= 4 is 17.3 Å². The minimum absolute atomic E-state index is 0.0669. The second-order valence-corrected chi connectivity index (χ2v) is 5.55. The van der Waals surface area contributed by atoms with E-state index in [1.54, 1.807) is 0 Å². The fourth-order valence-corrected chi connectivity index (χ4v) is 2.10. The van der Waals surface area contributed by atoms with Crippen molar-refractivity contribution in [3.05, 3.63) is 23.5 Å². The summed E-state index contributed by atoms with van der Waals surface area (Å²) in [7, 11) is 0. The smallest absolute Gasteiger partial charge is 0.250 e. The highest BCUT2D eigenvalue weighted by atomic mass is 19.1. The lowest BCUT2D eigenvalue weighted by Gasteiger charge is -2.11. The molecule has 2 rings (SSSR count). The van der Waals surface area contributed by atoms with Crippen LogP contribution in [0, 0.1) is 17.2 Å². The molecule has 1 aromatic rings. The second-order valence-electron chi connectivity index (χ2n) is 5.55. The maximum absolute atomic E-state index is 13.7. The Morgan fingerprint density at radius 1 is 1.56 bits per heavy atom. The van der Waals surface area contributed by atoms with E-state index in [9.17, 15) is 9.18 Å². The van der Waals surface area contributed by atoms with Crippen molar-refractivity contribution in [1.82, 2.24) is 0 Å². The van der Waals surface area contributed by atoms with Gasteiger partial charge in [-0.1, -0.05) is 13.8 Å². The zero-order valence-electron chi connectivity index (χ0n) is 10.6. The van der Waals surface area contributed by atoms with Gasteiger partial charge in [0.15, 0.2) is 0 Å². The summed E-state index contributed by atoms with van der Waals surface area (Å²) < 4.78 is 13.7. The van der Waals surface area contributed by atoms with Gasteiger partial charge >= 0.3 is 0 Å². The fourth-order valence-electron chi connectivity index (χ4n) is 2.10. The highest BCUT2D eigenvalue weighted by Gasteiger charge is 2.45. The van der Waals surface area contributed by atoms with Gasteiger partial charge in [-0.3, -0.25) is 4.79 Å². The molecule has 1 fully saturated rings. The monoisotopic (exact) mass is 251 g/mol. The first-order chi connectivity index (χ1) is 8.31. The van der Waals surface area contributed by atoms with Gasteiger partial charge in [-0.25, -0.2) is 4.39 Å². The molecule has 1 aliphatic rings. The molecule has 1 unspecified atom stereocenters. The van der Waals surface area contributed by atoms with Crippen molar-refractivity contribution in [3.63, 3.8) is 0 Å². The van der Waals surface area contributed by atoms with E-state index in [4.69, 9.17) is 11.5 Å². The zero-order valence-corrected chi connectivity index (χ0v) is 10.6. The number of hydrogen-bond acceptors (Lipinski definition) is 3. The standard InChI is InChI=1S/C13H18FN3O/c1-13(2)5-7(13)6-17-11-3-8(12(16)18)10(15)4-9(11)14/h3-4,7,17H,5-6,15H2,1-2H3,(H2,16,18). The van der Waals surface area contributed by atoms with Gasteiger partial charge in [0, 0.05) is 12.2 Å². The molecule has 1 aromatic carbocycles. The van der Waals surface area contributed by atoms with Crippen LogP contribution in [0.4, 0.5) is 15.8 Å². The number of anilines is 2. The van der Waals surface area contributed by atoms with Crippen LogP contribution in [0.25, 0.3) is 0 Å². The predicted octanol–water partition coefficient (Wildman–Crippen LogP) is 1.96. The van der Waals surface area contributed by atoms with Crippen LogP contribution in [0.3, 0.4) is 0 Å². The molecule has 0 bridgehead atoms. The normalized spacial score (nSPS) is 20.5. The Kier molecular flexibility index (Phi) is 2.92. The molecule has 0 aromatic heterocycles. The minimum atomic E-state index is -0.651. The van der Waals surface area contributed by atoms with Gasteiger partial charge in [-0.15, -0.1) is 0 Å². The number of nitrogens with two attached hydrogens (primary N) is 2. The number of hydrogen-bond donors (Lipinski definition) is 3. The van der Waals surface area contributed by atoms with Crippen LogP contribution in [0.2, 0.25) is 0 Å². The van der Waals surface area contributed by atoms with Gasteiger partial charge in [0.2, 0.25) is 0 Å². The first-order valence-corrected chi connectivity index (χ1v) is 5.94. The van der Waals surface area contributed by atoms with Crippen molar-refractivity contribution < 1.29 is 9.18 Å². The first-order valence-electron chi connectivity index (χ1n) is 5.94. The molecule has 1 amide bonds. The third-order valence-corrected chi connectivity index (χ3v) is 3.66. The molecule has 98 valence electrons. The Bertz CT molecular complexity index is 499. The highest BCUT2D eigenvalue weighted by Crippen LogP contribution is 2.51. The van der Waals surface area contributed by atoms with Gasteiger partial charge in [-0.05, 0) is 29.9 Å². The van der Waals surface area contributed by atoms with E-state index in [1.165, 1.54) is 6.07 Å². The van der Waals surface area contributed by atoms with Crippen LogP contribution >= 0.6 is 0 Å². The average Bonchev–Trinajstić information content (AvgIpc) is 2.84. The fraction of sp³-hybridized carbons (Fsp3) is 0.462. The first kappa shape index (κ1) is 12.7. The number of primary amides is 1. The lowest BCUT2D eigenvalue weighted by Crippen LogP contribution is -2.15. The number of rotatable bonds is 4. The molecule has 0 radical (unpaired) electrons. The van der Waals surface area contributed by atoms with Crippen LogP contribution in [0.15, 0.2) is 12.1 Å². The van der Waals surface area contributed by atoms with E-state index < -0.39 is 11.7 Å². The summed E-state index contributed by atoms with van der Waals surface area (Å²) in [4.78, 5) is 11.1. The van der Waals surface area contributed by atoms with Crippen LogP contribution in [0.1, 0.15) is 30.6 Å². The maximum atomic E-state index is 13.7. The number of nitrogen functional groups attached to an aromatic ring is 1. The van der Waals surface area contributed by atoms with Crippen molar-refractivity contribution in [3.8, 4) is 0 Å². The Morgan fingerprint density at radius 3 is 2.67 bits per heavy atom. The van der Waals surface area contributed by atoms with Crippen LogP contribution in [-0.4, -0.2) is 12.5 Å². The molecule has 0 spiro atoms. The van der Waals surface area contributed by atoms with E-state index in [1.807, 2.05) is 0 Å². The van der Waals surface area contributed by atoms with Crippen LogP contribution in [0.5, 0.6) is 0 Å². The van der Waals surface area contributed by atoms with E-state index in [0.29, 0.717) is 17.9 Å². The summed E-state index contributed by atoms with van der Waals surface area (Å²) >= 11 is 0. The second kappa shape index (κ2) is 4.15. The number of carbonyl (C=O) groups is 1. The number of amides is 1. The molecule has 1 atom stereocenters. The Balaban J connectivity index is 2.12. The van der Waals surface area contributed by atoms with Crippen molar-refractivity contribution in [2.24, 2.45) is 17.1 Å². The third kappa shape index (κ3) is 2.39. The molecular weight excluding hydrogens is 233 g/mol. The quantitative estimate of drug-likeness (QED) is 0.715. The maximum Gasteiger partial charge on any atom is 0.250 e. The molecule has 0 aliphatic heterocycles. The Labute approximate surface area is 106 Å². The van der Waals surface area contributed by atoms with Crippen LogP contribution in [-0.2, 0) is 0 Å². The van der Waals surface area contributed by atoms with Crippen molar-refractivity contribution in [2.45, 2.75) is 20.3 Å². The summed E-state index contributed by atoms with van der Waals surface area (Å²) in [5.41, 5.74) is 11.5. The van der Waals surface area contributed by atoms with E-state index in [2.05, 4.69) is 19.2 Å². The van der Waals surface area contributed by atoms with Gasteiger partial charge in [0.25, 0.3) is 5.91 Å². The average molecular weight is 251 g/mol. The molecule has 1 aliphatic carbocycles. The van der Waals surface area contributed by atoms with Crippen LogP contribution < -0.4 is 16.8 Å². The van der Waals surface area contributed by atoms with Gasteiger partial charge in [-0.2, -0.15) is 0 Å². The third-order valence-electron chi connectivity index (χ3n) is 3.66. The summed E-state index contributed by atoms with van der Waals surface area (Å²) in [5.74, 6) is -0.579. The number of nitrogens with one attached hydrogen (secondary N) is 1. The van der Waals surface area contributed by atoms with E-state index >= 15 is 0 Å². The summed E-state index contributed by atoms with van der Waals surface area (Å²) in [5, 5.41) is 3.01. The predicted molar refractivity (Wildman–Crippen MR) is 69.7 cm³/mol.